The van der Waals surface area contributed by atoms with Crippen LogP contribution in [0.4, 0.5) is 0 Å². The highest BCUT2D eigenvalue weighted by atomic mass is 16.5. The Kier molecular flexibility index (Phi) is 3.38. The molecular formula is C11H18N2O2. The molecule has 84 valence electrons. The van der Waals surface area contributed by atoms with E-state index < -0.39 is 0 Å². The number of amides is 1. The average molecular weight is 210 g/mol. The fraction of sp³-hybridized carbons (Fsp3) is 0.727. The normalized spacial score (nSPS) is 35.4. The maximum absolute atomic E-state index is 11.8. The first-order valence-electron chi connectivity index (χ1n) is 5.58. The molecule has 3 N–H and O–H groups in total. The van der Waals surface area contributed by atoms with Crippen LogP contribution < -0.4 is 11.1 Å². The van der Waals surface area contributed by atoms with E-state index in [4.69, 9.17) is 10.5 Å². The zero-order valence-corrected chi connectivity index (χ0v) is 8.82. The van der Waals surface area contributed by atoms with Crippen LogP contribution in [0.3, 0.4) is 0 Å². The van der Waals surface area contributed by atoms with Crippen molar-refractivity contribution in [3.63, 3.8) is 0 Å². The number of hydrogen-bond acceptors (Lipinski definition) is 3. The zero-order valence-electron chi connectivity index (χ0n) is 8.82. The summed E-state index contributed by atoms with van der Waals surface area (Å²) in [6, 6.07) is 0.236. The Bertz CT molecular complexity index is 259. The molecule has 2 aliphatic rings. The molecule has 4 heteroatoms. The van der Waals surface area contributed by atoms with Crippen LogP contribution in [-0.2, 0) is 9.53 Å². The molecule has 0 saturated carbocycles. The summed E-state index contributed by atoms with van der Waals surface area (Å²) < 4.78 is 5.31. The monoisotopic (exact) mass is 210 g/mol. The van der Waals surface area contributed by atoms with E-state index >= 15 is 0 Å². The van der Waals surface area contributed by atoms with E-state index in [9.17, 15) is 4.79 Å². The van der Waals surface area contributed by atoms with Gasteiger partial charge in [-0.05, 0) is 19.3 Å². The van der Waals surface area contributed by atoms with Crippen molar-refractivity contribution < 1.29 is 9.53 Å². The van der Waals surface area contributed by atoms with Crippen LogP contribution in [0.2, 0.25) is 0 Å². The summed E-state index contributed by atoms with van der Waals surface area (Å²) in [4.78, 5) is 11.8. The van der Waals surface area contributed by atoms with Gasteiger partial charge in [0, 0.05) is 12.6 Å². The van der Waals surface area contributed by atoms with E-state index in [1.165, 1.54) is 0 Å². The minimum absolute atomic E-state index is 0.0399. The molecule has 1 amide bonds. The van der Waals surface area contributed by atoms with Gasteiger partial charge in [0.15, 0.2) is 0 Å². The second-order valence-electron chi connectivity index (χ2n) is 4.31. The van der Waals surface area contributed by atoms with E-state index in [0.29, 0.717) is 6.61 Å². The Balaban J connectivity index is 1.79. The van der Waals surface area contributed by atoms with Crippen molar-refractivity contribution in [3.05, 3.63) is 12.2 Å². The lowest BCUT2D eigenvalue weighted by atomic mass is 10.1. The summed E-state index contributed by atoms with van der Waals surface area (Å²) in [5, 5.41) is 3.01. The minimum atomic E-state index is -0.0399. The van der Waals surface area contributed by atoms with E-state index in [0.717, 1.165) is 25.9 Å². The molecule has 3 unspecified atom stereocenters. The Labute approximate surface area is 89.9 Å². The summed E-state index contributed by atoms with van der Waals surface area (Å²) in [5.74, 6) is 0.0524. The largest absolute Gasteiger partial charge is 0.379 e. The van der Waals surface area contributed by atoms with Gasteiger partial charge in [-0.3, -0.25) is 4.79 Å². The summed E-state index contributed by atoms with van der Waals surface area (Å²) in [6.45, 7) is 1.47. The quantitative estimate of drug-likeness (QED) is 0.639. The van der Waals surface area contributed by atoms with Crippen LogP contribution >= 0.6 is 0 Å². The van der Waals surface area contributed by atoms with Crippen molar-refractivity contribution in [3.8, 4) is 0 Å². The molecule has 1 heterocycles. The molecule has 0 aromatic rings. The molecule has 1 fully saturated rings. The number of nitrogens with two attached hydrogens (primary N) is 1. The van der Waals surface area contributed by atoms with Gasteiger partial charge >= 0.3 is 0 Å². The van der Waals surface area contributed by atoms with Gasteiger partial charge in [0.2, 0.25) is 5.91 Å². The van der Waals surface area contributed by atoms with Crippen LogP contribution in [0.25, 0.3) is 0 Å². The first kappa shape index (κ1) is 10.6. The number of ether oxygens (including phenoxy) is 1. The lowest BCUT2D eigenvalue weighted by Gasteiger charge is -2.24. The predicted molar refractivity (Wildman–Crippen MR) is 57.2 cm³/mol. The first-order chi connectivity index (χ1) is 7.25. The molecule has 0 aromatic carbocycles. The summed E-state index contributed by atoms with van der Waals surface area (Å²) in [6.07, 6.45) is 6.60. The third-order valence-corrected chi connectivity index (χ3v) is 2.96. The highest BCUT2D eigenvalue weighted by Gasteiger charge is 2.25. The van der Waals surface area contributed by atoms with Crippen molar-refractivity contribution in [2.75, 3.05) is 13.2 Å². The number of carbonyl (C=O) groups excluding carboxylic acids is 1. The van der Waals surface area contributed by atoms with Crippen molar-refractivity contribution in [1.29, 1.82) is 0 Å². The molecule has 0 radical (unpaired) electrons. The van der Waals surface area contributed by atoms with Crippen molar-refractivity contribution >= 4 is 5.91 Å². The zero-order chi connectivity index (χ0) is 10.7. The maximum atomic E-state index is 11.8. The molecule has 1 aliphatic carbocycles. The molecule has 2 rings (SSSR count). The SMILES string of the molecule is NC1C=CC(C(=O)NC2CCCOC2)C1. The van der Waals surface area contributed by atoms with E-state index in [2.05, 4.69) is 5.32 Å². The highest BCUT2D eigenvalue weighted by molar-refractivity contribution is 5.81. The Morgan fingerprint density at radius 3 is 2.93 bits per heavy atom. The summed E-state index contributed by atoms with van der Waals surface area (Å²) >= 11 is 0. The standard InChI is InChI=1S/C11H18N2O2/c12-9-4-3-8(6-9)11(14)13-10-2-1-5-15-7-10/h3-4,8-10H,1-2,5-7,12H2,(H,13,14). The van der Waals surface area contributed by atoms with Crippen LogP contribution in [0.5, 0.6) is 0 Å². The van der Waals surface area contributed by atoms with Gasteiger partial charge in [0.25, 0.3) is 0 Å². The van der Waals surface area contributed by atoms with Gasteiger partial charge in [-0.15, -0.1) is 0 Å². The molecule has 1 saturated heterocycles. The lowest BCUT2D eigenvalue weighted by molar-refractivity contribution is -0.125. The van der Waals surface area contributed by atoms with Gasteiger partial charge in [0.1, 0.15) is 0 Å². The summed E-state index contributed by atoms with van der Waals surface area (Å²) in [7, 11) is 0. The molecular weight excluding hydrogens is 192 g/mol. The number of hydrogen-bond donors (Lipinski definition) is 2. The number of rotatable bonds is 2. The predicted octanol–water partition coefficient (Wildman–Crippen LogP) is 0.185. The Morgan fingerprint density at radius 1 is 1.47 bits per heavy atom. The van der Waals surface area contributed by atoms with Crippen molar-refractivity contribution in [1.82, 2.24) is 5.32 Å². The van der Waals surface area contributed by atoms with E-state index in [1.807, 2.05) is 12.2 Å². The average Bonchev–Trinajstić information content (AvgIpc) is 2.66. The van der Waals surface area contributed by atoms with Gasteiger partial charge in [-0.25, -0.2) is 0 Å². The molecule has 1 aliphatic heterocycles. The molecule has 0 spiro atoms. The summed E-state index contributed by atoms with van der Waals surface area (Å²) in [5.41, 5.74) is 5.70. The molecule has 3 atom stereocenters. The van der Waals surface area contributed by atoms with Gasteiger partial charge < -0.3 is 15.8 Å². The van der Waals surface area contributed by atoms with Crippen LogP contribution in [0.15, 0.2) is 12.2 Å². The first-order valence-corrected chi connectivity index (χ1v) is 5.58. The maximum Gasteiger partial charge on any atom is 0.227 e. The second-order valence-corrected chi connectivity index (χ2v) is 4.31. The lowest BCUT2D eigenvalue weighted by Crippen LogP contribution is -2.43. The van der Waals surface area contributed by atoms with Crippen LogP contribution in [-0.4, -0.2) is 31.2 Å². The topological polar surface area (TPSA) is 64.4 Å². The fourth-order valence-electron chi connectivity index (χ4n) is 2.08. The van der Waals surface area contributed by atoms with Gasteiger partial charge in [0.05, 0.1) is 18.6 Å². The second kappa shape index (κ2) is 4.77. The number of nitrogens with one attached hydrogen (secondary N) is 1. The van der Waals surface area contributed by atoms with Crippen LogP contribution in [0.1, 0.15) is 19.3 Å². The molecule has 0 aromatic heterocycles. The van der Waals surface area contributed by atoms with Gasteiger partial charge in [-0.1, -0.05) is 12.2 Å². The van der Waals surface area contributed by atoms with Crippen molar-refractivity contribution in [2.45, 2.75) is 31.3 Å². The van der Waals surface area contributed by atoms with Crippen LogP contribution in [0, 0.1) is 5.92 Å². The molecule has 0 bridgehead atoms. The van der Waals surface area contributed by atoms with E-state index in [1.54, 1.807) is 0 Å². The fourth-order valence-corrected chi connectivity index (χ4v) is 2.08. The van der Waals surface area contributed by atoms with Gasteiger partial charge in [-0.2, -0.15) is 0 Å². The Hall–Kier alpha value is -0.870. The third kappa shape index (κ3) is 2.79. The third-order valence-electron chi connectivity index (χ3n) is 2.96. The smallest absolute Gasteiger partial charge is 0.227 e. The molecule has 15 heavy (non-hydrogen) atoms. The number of carbonyl (C=O) groups is 1. The minimum Gasteiger partial charge on any atom is -0.379 e. The van der Waals surface area contributed by atoms with E-state index in [-0.39, 0.29) is 23.9 Å². The highest BCUT2D eigenvalue weighted by Crippen LogP contribution is 2.17. The Morgan fingerprint density at radius 2 is 2.33 bits per heavy atom. The molecule has 4 nitrogen and oxygen atoms in total. The van der Waals surface area contributed by atoms with Crippen molar-refractivity contribution in [2.24, 2.45) is 11.7 Å².